The zero-order chi connectivity index (χ0) is 14.3. The lowest BCUT2D eigenvalue weighted by atomic mass is 10.0. The van der Waals surface area contributed by atoms with Gasteiger partial charge in [0.2, 0.25) is 0 Å². The Balaban J connectivity index is 3.00. The molecule has 0 aliphatic rings. The highest BCUT2D eigenvalue weighted by Gasteiger charge is 2.16. The van der Waals surface area contributed by atoms with Gasteiger partial charge in [-0.05, 0) is 31.5 Å². The van der Waals surface area contributed by atoms with Crippen LogP contribution in [0.1, 0.15) is 24.9 Å². The molecule has 0 aliphatic heterocycles. The Labute approximate surface area is 115 Å². The van der Waals surface area contributed by atoms with Gasteiger partial charge < -0.3 is 19.9 Å². The quantitative estimate of drug-likeness (QED) is 0.708. The molecule has 0 radical (unpaired) electrons. The first-order valence-corrected chi connectivity index (χ1v) is 6.36. The molecule has 0 aromatic heterocycles. The summed E-state index contributed by atoms with van der Waals surface area (Å²) in [4.78, 5) is 0. The molecule has 0 heterocycles. The van der Waals surface area contributed by atoms with Crippen LogP contribution in [-0.4, -0.2) is 32.0 Å². The van der Waals surface area contributed by atoms with E-state index >= 15 is 0 Å². The van der Waals surface area contributed by atoms with Crippen molar-refractivity contribution in [2.45, 2.75) is 25.5 Å². The molecule has 0 amide bonds. The zero-order valence-electron chi connectivity index (χ0n) is 11.8. The van der Waals surface area contributed by atoms with Crippen LogP contribution in [0.3, 0.4) is 0 Å². The van der Waals surface area contributed by atoms with Gasteiger partial charge in [0.15, 0.2) is 0 Å². The summed E-state index contributed by atoms with van der Waals surface area (Å²) in [6.45, 7) is 6.04. The molecular formula is C15H23NO3. The van der Waals surface area contributed by atoms with Gasteiger partial charge in [0.05, 0.1) is 20.3 Å². The minimum absolute atomic E-state index is 0.0390. The molecule has 106 valence electrons. The van der Waals surface area contributed by atoms with Gasteiger partial charge in [0.25, 0.3) is 0 Å². The minimum Gasteiger partial charge on any atom is -0.497 e. The zero-order valence-corrected chi connectivity index (χ0v) is 11.8. The van der Waals surface area contributed by atoms with Crippen molar-refractivity contribution in [1.82, 2.24) is 5.32 Å². The molecule has 0 bridgehead atoms. The van der Waals surface area contributed by atoms with Gasteiger partial charge in [-0.15, -0.1) is 6.58 Å². The molecular weight excluding hydrogens is 242 g/mol. The van der Waals surface area contributed by atoms with Crippen LogP contribution in [0.5, 0.6) is 11.5 Å². The van der Waals surface area contributed by atoms with E-state index in [2.05, 4.69) is 11.9 Å². The molecule has 2 N–H and O–H groups in total. The van der Waals surface area contributed by atoms with E-state index in [0.717, 1.165) is 23.5 Å². The maximum atomic E-state index is 9.40. The molecule has 19 heavy (non-hydrogen) atoms. The fraction of sp³-hybridized carbons (Fsp3) is 0.467. The van der Waals surface area contributed by atoms with Crippen molar-refractivity contribution in [3.63, 3.8) is 0 Å². The summed E-state index contributed by atoms with van der Waals surface area (Å²) < 4.78 is 10.6. The van der Waals surface area contributed by atoms with Gasteiger partial charge in [0.1, 0.15) is 11.5 Å². The second kappa shape index (κ2) is 7.81. The molecule has 4 heteroatoms. The van der Waals surface area contributed by atoms with Gasteiger partial charge in [0, 0.05) is 18.2 Å². The first kappa shape index (κ1) is 15.5. The van der Waals surface area contributed by atoms with E-state index in [1.807, 2.05) is 24.3 Å². The van der Waals surface area contributed by atoms with E-state index in [0.29, 0.717) is 6.54 Å². The Hall–Kier alpha value is -1.52. The van der Waals surface area contributed by atoms with Gasteiger partial charge in [-0.25, -0.2) is 0 Å². The average molecular weight is 265 g/mol. The number of benzene rings is 1. The van der Waals surface area contributed by atoms with Crippen molar-refractivity contribution < 1.29 is 14.6 Å². The highest BCUT2D eigenvalue weighted by Crippen LogP contribution is 2.31. The molecule has 0 spiro atoms. The third-order valence-corrected chi connectivity index (χ3v) is 2.87. The lowest BCUT2D eigenvalue weighted by Crippen LogP contribution is -2.28. The van der Waals surface area contributed by atoms with Crippen molar-refractivity contribution in [3.05, 3.63) is 36.4 Å². The molecule has 4 nitrogen and oxygen atoms in total. The average Bonchev–Trinajstić information content (AvgIpc) is 2.42. The Morgan fingerprint density at radius 1 is 1.37 bits per heavy atom. The molecule has 0 fully saturated rings. The van der Waals surface area contributed by atoms with Gasteiger partial charge >= 0.3 is 0 Å². The molecule has 1 rings (SSSR count). The summed E-state index contributed by atoms with van der Waals surface area (Å²) in [6, 6.07) is 5.73. The smallest absolute Gasteiger partial charge is 0.123 e. The second-order valence-corrected chi connectivity index (χ2v) is 4.44. The summed E-state index contributed by atoms with van der Waals surface area (Å²) in [5.74, 6) is 1.58. The van der Waals surface area contributed by atoms with Crippen LogP contribution in [0.25, 0.3) is 0 Å². The Morgan fingerprint density at radius 2 is 2.11 bits per heavy atom. The van der Waals surface area contributed by atoms with Crippen LogP contribution >= 0.6 is 0 Å². The summed E-state index contributed by atoms with van der Waals surface area (Å²) >= 11 is 0. The van der Waals surface area contributed by atoms with Gasteiger partial charge in [-0.3, -0.25) is 0 Å². The lowest BCUT2D eigenvalue weighted by molar-refractivity contribution is 0.186. The number of rotatable bonds is 8. The van der Waals surface area contributed by atoms with E-state index in [-0.39, 0.29) is 6.04 Å². The Kier molecular flexibility index (Phi) is 6.39. The van der Waals surface area contributed by atoms with Crippen molar-refractivity contribution in [1.29, 1.82) is 0 Å². The summed E-state index contributed by atoms with van der Waals surface area (Å²) in [6.07, 6.45) is 2.19. The molecule has 2 unspecified atom stereocenters. The van der Waals surface area contributed by atoms with Crippen LogP contribution in [0.2, 0.25) is 0 Å². The second-order valence-electron chi connectivity index (χ2n) is 4.44. The predicted molar refractivity (Wildman–Crippen MR) is 76.8 cm³/mol. The largest absolute Gasteiger partial charge is 0.497 e. The van der Waals surface area contributed by atoms with E-state index < -0.39 is 6.10 Å². The first-order valence-electron chi connectivity index (χ1n) is 6.36. The third-order valence-electron chi connectivity index (χ3n) is 2.87. The first-order chi connectivity index (χ1) is 9.12. The van der Waals surface area contributed by atoms with Crippen LogP contribution in [0, 0.1) is 0 Å². The standard InChI is InChI=1S/C15H23NO3/c1-5-6-14(16-10-11(2)17)13-9-12(18-3)7-8-15(13)19-4/h5,7-9,11,14,16-17H,1,6,10H2,2-4H3. The molecule has 0 saturated heterocycles. The Morgan fingerprint density at radius 3 is 2.63 bits per heavy atom. The number of nitrogens with one attached hydrogen (secondary N) is 1. The SMILES string of the molecule is C=CCC(NCC(C)O)c1cc(OC)ccc1OC. The maximum Gasteiger partial charge on any atom is 0.123 e. The number of hydrogen-bond acceptors (Lipinski definition) is 4. The topological polar surface area (TPSA) is 50.7 Å². The number of ether oxygens (including phenoxy) is 2. The van der Waals surface area contributed by atoms with E-state index in [1.54, 1.807) is 21.1 Å². The summed E-state index contributed by atoms with van der Waals surface area (Å²) in [7, 11) is 3.28. The Bertz CT molecular complexity index is 404. The number of aliphatic hydroxyl groups excluding tert-OH is 1. The van der Waals surface area contributed by atoms with E-state index in [1.165, 1.54) is 0 Å². The third kappa shape index (κ3) is 4.58. The van der Waals surface area contributed by atoms with Crippen LogP contribution in [-0.2, 0) is 0 Å². The monoisotopic (exact) mass is 265 g/mol. The van der Waals surface area contributed by atoms with Gasteiger partial charge in [-0.1, -0.05) is 6.08 Å². The van der Waals surface area contributed by atoms with Crippen molar-refractivity contribution in [3.8, 4) is 11.5 Å². The molecule has 0 saturated carbocycles. The van der Waals surface area contributed by atoms with E-state index in [4.69, 9.17) is 9.47 Å². The number of hydrogen-bond donors (Lipinski definition) is 2. The van der Waals surface area contributed by atoms with Crippen molar-refractivity contribution in [2.24, 2.45) is 0 Å². The number of aliphatic hydroxyl groups is 1. The molecule has 0 aliphatic carbocycles. The lowest BCUT2D eigenvalue weighted by Gasteiger charge is -2.21. The fourth-order valence-electron chi connectivity index (χ4n) is 1.91. The summed E-state index contributed by atoms with van der Waals surface area (Å²) in [5, 5.41) is 12.7. The van der Waals surface area contributed by atoms with Crippen molar-refractivity contribution in [2.75, 3.05) is 20.8 Å². The predicted octanol–water partition coefficient (Wildman–Crippen LogP) is 2.29. The maximum absolute atomic E-state index is 9.40. The van der Waals surface area contributed by atoms with Crippen molar-refractivity contribution >= 4 is 0 Å². The van der Waals surface area contributed by atoms with Crippen LogP contribution in [0.15, 0.2) is 30.9 Å². The van der Waals surface area contributed by atoms with E-state index in [9.17, 15) is 5.11 Å². The molecule has 1 aromatic rings. The number of methoxy groups -OCH3 is 2. The highest BCUT2D eigenvalue weighted by molar-refractivity contribution is 5.42. The molecule has 2 atom stereocenters. The highest BCUT2D eigenvalue weighted by atomic mass is 16.5. The fourth-order valence-corrected chi connectivity index (χ4v) is 1.91. The molecule has 1 aromatic carbocycles. The normalized spacial score (nSPS) is 13.7. The summed E-state index contributed by atoms with van der Waals surface area (Å²) in [5.41, 5.74) is 1.00. The van der Waals surface area contributed by atoms with Gasteiger partial charge in [-0.2, -0.15) is 0 Å². The minimum atomic E-state index is -0.399. The van der Waals surface area contributed by atoms with Crippen LogP contribution < -0.4 is 14.8 Å². The van der Waals surface area contributed by atoms with Crippen LogP contribution in [0.4, 0.5) is 0 Å².